The zero-order valence-corrected chi connectivity index (χ0v) is 14.2. The molecule has 0 bridgehead atoms. The highest BCUT2D eigenvalue weighted by Gasteiger charge is 2.42. The van der Waals surface area contributed by atoms with E-state index in [1.807, 2.05) is 0 Å². The van der Waals surface area contributed by atoms with Gasteiger partial charge < -0.3 is 10.1 Å². The maximum Gasteiger partial charge on any atom is 0.422 e. The number of fused-ring (bicyclic) bond motifs is 1. The number of rotatable bonds is 6. The van der Waals surface area contributed by atoms with Gasteiger partial charge in [-0.2, -0.15) is 13.2 Å². The minimum absolute atomic E-state index is 0.103. The number of hydrogen-bond acceptors (Lipinski definition) is 5. The number of halogens is 4. The Morgan fingerprint density at radius 3 is 2.69 bits per heavy atom. The minimum atomic E-state index is -4.77. The van der Waals surface area contributed by atoms with Crippen molar-refractivity contribution in [3.05, 3.63) is 47.5 Å². The Bertz CT molecular complexity index is 810. The Kier molecular flexibility index (Phi) is 5.86. The highest BCUT2D eigenvalue weighted by atomic mass is 19.4. The molecule has 0 amide bonds. The van der Waals surface area contributed by atoms with Crippen molar-refractivity contribution >= 4 is 11.4 Å². The summed E-state index contributed by atoms with van der Waals surface area (Å²) < 4.78 is 60.7. The lowest BCUT2D eigenvalue weighted by Crippen LogP contribution is -2.33. The fourth-order valence-electron chi connectivity index (χ4n) is 2.50. The molecule has 0 radical (unpaired) electrons. The van der Waals surface area contributed by atoms with Crippen LogP contribution in [-0.2, 0) is 10.9 Å². The van der Waals surface area contributed by atoms with Crippen molar-refractivity contribution < 1.29 is 22.3 Å². The first kappa shape index (κ1) is 19.7. The molecule has 1 unspecified atom stereocenters. The third-order valence-electron chi connectivity index (χ3n) is 3.69. The molecule has 1 aliphatic heterocycles. The van der Waals surface area contributed by atoms with Crippen LogP contribution in [0, 0.1) is 5.41 Å². The van der Waals surface area contributed by atoms with Gasteiger partial charge in [-0.1, -0.05) is 12.7 Å². The van der Waals surface area contributed by atoms with Gasteiger partial charge in [-0.15, -0.1) is 0 Å². The molecular weight excluding hydrogens is 354 g/mol. The smallest absolute Gasteiger partial charge is 0.385 e. The third kappa shape index (κ3) is 3.96. The number of aromatic nitrogens is 2. The number of nitrogens with zero attached hydrogens (tertiary/aromatic N) is 2. The molecule has 10 heteroatoms. The van der Waals surface area contributed by atoms with Crippen LogP contribution in [-0.4, -0.2) is 29.5 Å². The van der Waals surface area contributed by atoms with Gasteiger partial charge in [0.15, 0.2) is 0 Å². The molecule has 26 heavy (non-hydrogen) atoms. The van der Waals surface area contributed by atoms with E-state index >= 15 is 0 Å². The number of hydrogen-bond donors (Lipinski definition) is 3. The quantitative estimate of drug-likeness (QED) is 0.529. The molecular formula is C16H19F4N5O. The lowest BCUT2D eigenvalue weighted by molar-refractivity contribution is -0.137. The Balaban J connectivity index is 2.65. The molecule has 0 spiro atoms. The Morgan fingerprint density at radius 2 is 2.15 bits per heavy atom. The van der Waals surface area contributed by atoms with Crippen molar-refractivity contribution in [3.63, 3.8) is 0 Å². The van der Waals surface area contributed by atoms with Crippen LogP contribution in [0.1, 0.15) is 24.6 Å². The van der Waals surface area contributed by atoms with Crippen molar-refractivity contribution in [2.75, 3.05) is 24.5 Å². The van der Waals surface area contributed by atoms with E-state index in [0.29, 0.717) is 13.0 Å². The molecule has 0 saturated carbocycles. The highest BCUT2D eigenvalue weighted by molar-refractivity contribution is 5.77. The molecule has 1 atom stereocenters. The summed E-state index contributed by atoms with van der Waals surface area (Å²) in [6.45, 7) is 5.00. The normalized spacial score (nSPS) is 17.5. The average molecular weight is 373 g/mol. The molecule has 1 aromatic rings. The molecule has 0 aliphatic carbocycles. The summed E-state index contributed by atoms with van der Waals surface area (Å²) in [6.07, 6.45) is -1.91. The molecule has 0 fully saturated rings. The van der Waals surface area contributed by atoms with Crippen LogP contribution in [0.3, 0.4) is 0 Å². The summed E-state index contributed by atoms with van der Waals surface area (Å²) >= 11 is 0. The number of allylic oxidation sites excluding steroid dienone is 5. The van der Waals surface area contributed by atoms with Crippen molar-refractivity contribution in [2.24, 2.45) is 0 Å². The Hall–Kier alpha value is -2.62. The monoisotopic (exact) mass is 373 g/mol. The molecule has 1 aliphatic rings. The van der Waals surface area contributed by atoms with Crippen molar-refractivity contribution in [3.8, 4) is 0 Å². The first-order valence-electron chi connectivity index (χ1n) is 7.70. The van der Waals surface area contributed by atoms with Crippen LogP contribution in [0.15, 0.2) is 30.6 Å². The highest BCUT2D eigenvalue weighted by Crippen LogP contribution is 2.40. The zero-order valence-electron chi connectivity index (χ0n) is 14.2. The molecule has 3 N–H and O–H groups in total. The van der Waals surface area contributed by atoms with Crippen LogP contribution in [0.5, 0.6) is 0 Å². The fourth-order valence-corrected chi connectivity index (χ4v) is 2.50. The van der Waals surface area contributed by atoms with Gasteiger partial charge in [0.2, 0.25) is 5.62 Å². The number of methoxy groups -OCH3 is 1. The van der Waals surface area contributed by atoms with Gasteiger partial charge >= 0.3 is 6.18 Å². The topological polar surface area (TPSA) is 75.0 Å². The Morgan fingerprint density at radius 1 is 1.46 bits per heavy atom. The minimum Gasteiger partial charge on any atom is -0.385 e. The van der Waals surface area contributed by atoms with E-state index in [0.717, 1.165) is 16.8 Å². The first-order chi connectivity index (χ1) is 12.2. The number of ether oxygens (including phenoxy) is 1. The lowest BCUT2D eigenvalue weighted by Gasteiger charge is -2.17. The van der Waals surface area contributed by atoms with Gasteiger partial charge in [-0.05, 0) is 24.6 Å². The second kappa shape index (κ2) is 7.73. The van der Waals surface area contributed by atoms with Crippen LogP contribution in [0.2, 0.25) is 0 Å². The number of alkyl halides is 3. The summed E-state index contributed by atoms with van der Waals surface area (Å²) in [6, 6.07) is 0. The predicted molar refractivity (Wildman–Crippen MR) is 89.4 cm³/mol. The summed E-state index contributed by atoms with van der Waals surface area (Å²) in [7, 11) is 1.48. The van der Waals surface area contributed by atoms with Gasteiger partial charge in [0.05, 0.1) is 5.69 Å². The van der Waals surface area contributed by atoms with Gasteiger partial charge in [0, 0.05) is 20.1 Å². The third-order valence-corrected chi connectivity index (χ3v) is 3.69. The largest absolute Gasteiger partial charge is 0.422 e. The summed E-state index contributed by atoms with van der Waals surface area (Å²) in [5, 5.41) is 10.6. The van der Waals surface area contributed by atoms with Crippen LogP contribution in [0.4, 0.5) is 23.4 Å². The average Bonchev–Trinajstić information content (AvgIpc) is 3.00. The van der Waals surface area contributed by atoms with E-state index in [-0.39, 0.29) is 11.4 Å². The lowest BCUT2D eigenvalue weighted by atomic mass is 10.0. The van der Waals surface area contributed by atoms with E-state index in [4.69, 9.17) is 10.1 Å². The summed E-state index contributed by atoms with van der Waals surface area (Å²) in [4.78, 5) is 3.75. The number of anilines is 1. The second-order valence-corrected chi connectivity index (χ2v) is 5.43. The van der Waals surface area contributed by atoms with Gasteiger partial charge in [0.1, 0.15) is 23.4 Å². The van der Waals surface area contributed by atoms with Crippen LogP contribution >= 0.6 is 0 Å². The first-order valence-corrected chi connectivity index (χ1v) is 7.70. The second-order valence-electron chi connectivity index (χ2n) is 5.43. The summed E-state index contributed by atoms with van der Waals surface area (Å²) in [5.74, 6) is -1.16. The molecule has 142 valence electrons. The molecule has 1 aromatic heterocycles. The van der Waals surface area contributed by atoms with Gasteiger partial charge in [-0.3, -0.25) is 10.8 Å². The van der Waals surface area contributed by atoms with E-state index in [9.17, 15) is 17.6 Å². The van der Waals surface area contributed by atoms with Crippen molar-refractivity contribution in [1.82, 2.24) is 9.66 Å². The Labute approximate surface area is 147 Å². The van der Waals surface area contributed by atoms with E-state index in [1.165, 1.54) is 20.1 Å². The maximum atomic E-state index is 13.8. The maximum absolute atomic E-state index is 13.8. The van der Waals surface area contributed by atoms with Crippen molar-refractivity contribution in [2.45, 2.75) is 25.7 Å². The molecule has 0 aromatic carbocycles. The standard InChI is InChI=1S/C16H19F4N5O/c1-4-9(8-10(17)5-2)13-12(16(18,19)20)14-22-11(6-7-26-3)24-25(14)15(21)23-13/h4-5,8,11,21-22,24H,2,6-7H2,1,3H3/b9-4+,10-8+,21-15?. The van der Waals surface area contributed by atoms with Crippen molar-refractivity contribution in [1.29, 1.82) is 5.41 Å². The number of nitrogens with one attached hydrogen (secondary N) is 3. The molecule has 2 heterocycles. The van der Waals surface area contributed by atoms with Gasteiger partial charge in [-0.25, -0.2) is 14.1 Å². The van der Waals surface area contributed by atoms with Crippen LogP contribution < -0.4 is 16.4 Å². The molecule has 0 saturated heterocycles. The SMILES string of the molecule is C=C/C(F)=C\C(=C/C)c1nc(=N)n2c(c1C(F)(F)F)NC(CCOC)N2. The van der Waals surface area contributed by atoms with E-state index < -0.39 is 35.0 Å². The summed E-state index contributed by atoms with van der Waals surface area (Å²) in [5.41, 5.74) is 0.577. The van der Waals surface area contributed by atoms with Gasteiger partial charge in [0.25, 0.3) is 0 Å². The molecule has 6 nitrogen and oxygen atoms in total. The fraction of sp³-hybridized carbons (Fsp3) is 0.375. The van der Waals surface area contributed by atoms with E-state index in [1.54, 1.807) is 0 Å². The van der Waals surface area contributed by atoms with Crippen LogP contribution in [0.25, 0.3) is 5.57 Å². The zero-order chi connectivity index (χ0) is 19.5. The predicted octanol–water partition coefficient (Wildman–Crippen LogP) is 3.16. The molecule has 2 rings (SSSR count). The van der Waals surface area contributed by atoms with E-state index in [2.05, 4.69) is 22.3 Å².